The lowest BCUT2D eigenvalue weighted by atomic mass is 10.1. The van der Waals surface area contributed by atoms with Crippen molar-refractivity contribution < 1.29 is 4.79 Å². The molecule has 1 aromatic carbocycles. The molecular formula is C14H13ClN2O. The standard InChI is InChI=1S/C14H13ClN2O/c15-8-11-3-1-4-12(7-11)9-17-14(18)13-5-2-6-16-10-13/h1-7,10H,8-9H2,(H,17,18). The first-order valence-electron chi connectivity index (χ1n) is 5.61. The van der Waals surface area contributed by atoms with E-state index in [2.05, 4.69) is 10.3 Å². The van der Waals surface area contributed by atoms with Crippen molar-refractivity contribution in [2.75, 3.05) is 0 Å². The van der Waals surface area contributed by atoms with Gasteiger partial charge in [-0.25, -0.2) is 0 Å². The molecule has 0 aliphatic rings. The number of aromatic nitrogens is 1. The lowest BCUT2D eigenvalue weighted by Gasteiger charge is -2.06. The second-order valence-corrected chi connectivity index (χ2v) is 4.15. The molecule has 0 saturated heterocycles. The highest BCUT2D eigenvalue weighted by molar-refractivity contribution is 6.17. The summed E-state index contributed by atoms with van der Waals surface area (Å²) in [5, 5.41) is 2.84. The van der Waals surface area contributed by atoms with Crippen molar-refractivity contribution >= 4 is 17.5 Å². The number of halogens is 1. The van der Waals surface area contributed by atoms with Gasteiger partial charge in [-0.15, -0.1) is 11.6 Å². The Morgan fingerprint density at radius 3 is 2.78 bits per heavy atom. The van der Waals surface area contributed by atoms with Gasteiger partial charge >= 0.3 is 0 Å². The molecule has 1 N–H and O–H groups in total. The summed E-state index contributed by atoms with van der Waals surface area (Å²) in [6.07, 6.45) is 3.19. The lowest BCUT2D eigenvalue weighted by Crippen LogP contribution is -2.22. The van der Waals surface area contributed by atoms with E-state index in [1.54, 1.807) is 24.5 Å². The van der Waals surface area contributed by atoms with Crippen LogP contribution in [0.15, 0.2) is 48.8 Å². The molecule has 0 bridgehead atoms. The third-order valence-electron chi connectivity index (χ3n) is 2.52. The van der Waals surface area contributed by atoms with E-state index in [1.165, 1.54) is 0 Å². The number of carbonyl (C=O) groups excluding carboxylic acids is 1. The van der Waals surface area contributed by atoms with E-state index in [4.69, 9.17) is 11.6 Å². The van der Waals surface area contributed by atoms with Crippen molar-refractivity contribution in [1.82, 2.24) is 10.3 Å². The van der Waals surface area contributed by atoms with Crippen LogP contribution in [-0.2, 0) is 12.4 Å². The molecule has 1 heterocycles. The summed E-state index contributed by atoms with van der Waals surface area (Å²) in [5.74, 6) is 0.351. The van der Waals surface area contributed by atoms with Crippen LogP contribution >= 0.6 is 11.6 Å². The summed E-state index contributed by atoms with van der Waals surface area (Å²) in [4.78, 5) is 15.7. The average Bonchev–Trinajstić information content (AvgIpc) is 2.46. The van der Waals surface area contributed by atoms with E-state index >= 15 is 0 Å². The van der Waals surface area contributed by atoms with Crippen LogP contribution < -0.4 is 5.32 Å². The third kappa shape index (κ3) is 3.31. The molecule has 0 unspecified atom stereocenters. The molecule has 0 fully saturated rings. The van der Waals surface area contributed by atoms with Gasteiger partial charge in [-0.1, -0.05) is 24.3 Å². The van der Waals surface area contributed by atoms with Crippen molar-refractivity contribution in [1.29, 1.82) is 0 Å². The Balaban J connectivity index is 1.97. The zero-order valence-corrected chi connectivity index (χ0v) is 10.5. The van der Waals surface area contributed by atoms with Gasteiger partial charge in [0.15, 0.2) is 0 Å². The predicted octanol–water partition coefficient (Wildman–Crippen LogP) is 2.75. The van der Waals surface area contributed by atoms with Crippen LogP contribution in [0.5, 0.6) is 0 Å². The smallest absolute Gasteiger partial charge is 0.253 e. The quantitative estimate of drug-likeness (QED) is 0.859. The molecule has 18 heavy (non-hydrogen) atoms. The van der Waals surface area contributed by atoms with E-state index < -0.39 is 0 Å². The van der Waals surface area contributed by atoms with Gasteiger partial charge in [-0.2, -0.15) is 0 Å². The first kappa shape index (κ1) is 12.6. The number of rotatable bonds is 4. The summed E-state index contributed by atoms with van der Waals surface area (Å²) in [7, 11) is 0. The normalized spacial score (nSPS) is 10.1. The van der Waals surface area contributed by atoms with E-state index in [0.717, 1.165) is 11.1 Å². The summed E-state index contributed by atoms with van der Waals surface area (Å²) in [5.41, 5.74) is 2.64. The molecule has 1 amide bonds. The van der Waals surface area contributed by atoms with Crippen LogP contribution in [0.25, 0.3) is 0 Å². The highest BCUT2D eigenvalue weighted by Crippen LogP contribution is 2.07. The first-order valence-corrected chi connectivity index (χ1v) is 6.15. The Bertz CT molecular complexity index is 528. The molecule has 2 aromatic rings. The first-order chi connectivity index (χ1) is 8.79. The molecule has 1 aromatic heterocycles. The van der Waals surface area contributed by atoms with Crippen molar-refractivity contribution in [3.63, 3.8) is 0 Å². The minimum atomic E-state index is -0.126. The Kier molecular flexibility index (Phi) is 4.31. The minimum absolute atomic E-state index is 0.126. The Morgan fingerprint density at radius 1 is 1.22 bits per heavy atom. The zero-order valence-electron chi connectivity index (χ0n) is 9.77. The number of hydrogen-bond donors (Lipinski definition) is 1. The van der Waals surface area contributed by atoms with Gasteiger partial charge in [-0.3, -0.25) is 9.78 Å². The van der Waals surface area contributed by atoms with Gasteiger partial charge in [-0.05, 0) is 23.3 Å². The van der Waals surface area contributed by atoms with Crippen LogP contribution in [0.2, 0.25) is 0 Å². The molecule has 2 rings (SSSR count). The largest absolute Gasteiger partial charge is 0.348 e. The molecule has 92 valence electrons. The number of hydrogen-bond acceptors (Lipinski definition) is 2. The predicted molar refractivity (Wildman–Crippen MR) is 71.4 cm³/mol. The van der Waals surface area contributed by atoms with Crippen LogP contribution in [0.3, 0.4) is 0 Å². The fraction of sp³-hybridized carbons (Fsp3) is 0.143. The number of nitrogens with zero attached hydrogens (tertiary/aromatic N) is 1. The van der Waals surface area contributed by atoms with Crippen molar-refractivity contribution in [2.45, 2.75) is 12.4 Å². The Labute approximate surface area is 111 Å². The maximum absolute atomic E-state index is 11.8. The zero-order chi connectivity index (χ0) is 12.8. The third-order valence-corrected chi connectivity index (χ3v) is 2.83. The Hall–Kier alpha value is -1.87. The van der Waals surface area contributed by atoms with Gasteiger partial charge in [0.1, 0.15) is 0 Å². The molecule has 0 aliphatic carbocycles. The topological polar surface area (TPSA) is 42.0 Å². The minimum Gasteiger partial charge on any atom is -0.348 e. The average molecular weight is 261 g/mol. The highest BCUT2D eigenvalue weighted by atomic mass is 35.5. The van der Waals surface area contributed by atoms with Crippen LogP contribution in [-0.4, -0.2) is 10.9 Å². The maximum atomic E-state index is 11.8. The van der Waals surface area contributed by atoms with E-state index in [9.17, 15) is 4.79 Å². The number of carbonyl (C=O) groups is 1. The molecule has 0 spiro atoms. The SMILES string of the molecule is O=C(NCc1cccc(CCl)c1)c1cccnc1. The molecule has 0 saturated carbocycles. The fourth-order valence-corrected chi connectivity index (χ4v) is 1.77. The summed E-state index contributed by atoms with van der Waals surface area (Å²) in [6.45, 7) is 0.485. The van der Waals surface area contributed by atoms with Crippen LogP contribution in [0, 0.1) is 0 Å². The van der Waals surface area contributed by atoms with Gasteiger partial charge in [0.25, 0.3) is 5.91 Å². The number of pyridine rings is 1. The summed E-state index contributed by atoms with van der Waals surface area (Å²) < 4.78 is 0. The van der Waals surface area contributed by atoms with Crippen molar-refractivity contribution in [2.24, 2.45) is 0 Å². The number of alkyl halides is 1. The highest BCUT2D eigenvalue weighted by Gasteiger charge is 2.04. The summed E-state index contributed by atoms with van der Waals surface area (Å²) in [6, 6.07) is 11.3. The number of benzene rings is 1. The van der Waals surface area contributed by atoms with Gasteiger partial charge in [0, 0.05) is 24.8 Å². The molecule has 0 aliphatic heterocycles. The van der Waals surface area contributed by atoms with Crippen LogP contribution in [0.4, 0.5) is 0 Å². The van der Waals surface area contributed by atoms with Crippen LogP contribution in [0.1, 0.15) is 21.5 Å². The molecule has 4 heteroatoms. The van der Waals surface area contributed by atoms with Gasteiger partial charge in [0.2, 0.25) is 0 Å². The lowest BCUT2D eigenvalue weighted by molar-refractivity contribution is 0.0950. The second kappa shape index (κ2) is 6.17. The number of amides is 1. The summed E-state index contributed by atoms with van der Waals surface area (Å²) >= 11 is 5.76. The molecular weight excluding hydrogens is 248 g/mol. The fourth-order valence-electron chi connectivity index (χ4n) is 1.60. The monoisotopic (exact) mass is 260 g/mol. The maximum Gasteiger partial charge on any atom is 0.253 e. The van der Waals surface area contributed by atoms with Crippen molar-refractivity contribution in [3.8, 4) is 0 Å². The Morgan fingerprint density at radius 2 is 2.06 bits per heavy atom. The molecule has 0 atom stereocenters. The van der Waals surface area contributed by atoms with E-state index in [0.29, 0.717) is 18.0 Å². The van der Waals surface area contributed by atoms with E-state index in [1.807, 2.05) is 24.3 Å². The van der Waals surface area contributed by atoms with Crippen molar-refractivity contribution in [3.05, 3.63) is 65.5 Å². The number of nitrogens with one attached hydrogen (secondary N) is 1. The van der Waals surface area contributed by atoms with E-state index in [-0.39, 0.29) is 5.91 Å². The second-order valence-electron chi connectivity index (χ2n) is 3.88. The van der Waals surface area contributed by atoms with Gasteiger partial charge in [0.05, 0.1) is 5.56 Å². The van der Waals surface area contributed by atoms with Gasteiger partial charge < -0.3 is 5.32 Å². The molecule has 0 radical (unpaired) electrons. The molecule has 3 nitrogen and oxygen atoms in total.